The van der Waals surface area contributed by atoms with Gasteiger partial charge in [-0.2, -0.15) is 0 Å². The third-order valence-electron chi connectivity index (χ3n) is 4.84. The van der Waals surface area contributed by atoms with Crippen LogP contribution in [0.4, 0.5) is 17.3 Å². The van der Waals surface area contributed by atoms with Crippen LogP contribution >= 0.6 is 0 Å². The molecule has 0 aliphatic carbocycles. The molecule has 0 bridgehead atoms. The van der Waals surface area contributed by atoms with Crippen LogP contribution in [0.5, 0.6) is 5.75 Å². The number of carbonyl (C=O) groups is 1. The molecule has 5 aromatic rings. The average molecular weight is 437 g/mol. The second-order valence-electron chi connectivity index (χ2n) is 7.11. The molecule has 0 aliphatic heterocycles. The zero-order chi connectivity index (χ0) is 22.5. The van der Waals surface area contributed by atoms with Gasteiger partial charge in [0.25, 0.3) is 5.91 Å². The Labute approximate surface area is 188 Å². The molecular weight excluding hydrogens is 418 g/mol. The van der Waals surface area contributed by atoms with Crippen molar-refractivity contribution in [2.24, 2.45) is 0 Å². The van der Waals surface area contributed by atoms with Crippen molar-refractivity contribution in [2.45, 2.75) is 6.61 Å². The molecule has 5 rings (SSSR count). The summed E-state index contributed by atoms with van der Waals surface area (Å²) < 4.78 is 5.94. The summed E-state index contributed by atoms with van der Waals surface area (Å²) in [6.45, 7) is 0.357. The first-order valence-corrected chi connectivity index (χ1v) is 10.2. The molecule has 1 amide bonds. The van der Waals surface area contributed by atoms with Gasteiger partial charge in [-0.1, -0.05) is 18.2 Å². The minimum absolute atomic E-state index is 0.234. The number of anilines is 3. The van der Waals surface area contributed by atoms with E-state index in [1.807, 2.05) is 30.3 Å². The van der Waals surface area contributed by atoms with E-state index >= 15 is 0 Å². The molecule has 3 heterocycles. The highest BCUT2D eigenvalue weighted by Gasteiger charge is 2.11. The molecule has 0 radical (unpaired) electrons. The van der Waals surface area contributed by atoms with Crippen molar-refractivity contribution < 1.29 is 9.53 Å². The number of carbonyl (C=O) groups excluding carboxylic acids is 1. The maximum Gasteiger partial charge on any atom is 0.274 e. The number of aromatic nitrogens is 5. The Hall–Kier alpha value is -4.79. The molecule has 0 aliphatic rings. The third-order valence-corrected chi connectivity index (χ3v) is 4.84. The lowest BCUT2D eigenvalue weighted by Gasteiger charge is -2.10. The summed E-state index contributed by atoms with van der Waals surface area (Å²) in [6.07, 6.45) is 6.50. The number of benzene rings is 2. The van der Waals surface area contributed by atoms with Gasteiger partial charge in [-0.15, -0.1) is 0 Å². The van der Waals surface area contributed by atoms with Crippen molar-refractivity contribution in [1.82, 2.24) is 24.9 Å². The molecular formula is C24H19N7O2. The minimum Gasteiger partial charge on any atom is -0.489 e. The maximum atomic E-state index is 12.7. The van der Waals surface area contributed by atoms with Crippen LogP contribution in [0.15, 0.2) is 85.6 Å². The Morgan fingerprint density at radius 1 is 0.939 bits per heavy atom. The number of ether oxygens (including phenoxy) is 1. The van der Waals surface area contributed by atoms with E-state index in [0.29, 0.717) is 24.0 Å². The predicted molar refractivity (Wildman–Crippen MR) is 124 cm³/mol. The quantitative estimate of drug-likeness (QED) is 0.347. The van der Waals surface area contributed by atoms with Gasteiger partial charge >= 0.3 is 0 Å². The van der Waals surface area contributed by atoms with Gasteiger partial charge in [-0.25, -0.2) is 15.0 Å². The van der Waals surface area contributed by atoms with Gasteiger partial charge < -0.3 is 20.4 Å². The second-order valence-corrected chi connectivity index (χ2v) is 7.11. The zero-order valence-electron chi connectivity index (χ0n) is 17.4. The molecule has 0 atom stereocenters. The van der Waals surface area contributed by atoms with E-state index in [1.165, 1.54) is 6.20 Å². The van der Waals surface area contributed by atoms with Crippen LogP contribution < -0.4 is 15.4 Å². The first kappa shape index (κ1) is 20.1. The fraction of sp³-hybridized carbons (Fsp3) is 0.0417. The second kappa shape index (κ2) is 9.15. The number of nitrogens with one attached hydrogen (secondary N) is 3. The van der Waals surface area contributed by atoms with Crippen molar-refractivity contribution in [1.29, 1.82) is 0 Å². The number of fused-ring (bicyclic) bond motifs is 1. The summed E-state index contributed by atoms with van der Waals surface area (Å²) >= 11 is 0. The van der Waals surface area contributed by atoms with E-state index in [0.717, 1.165) is 22.3 Å². The lowest BCUT2D eigenvalue weighted by molar-refractivity contribution is 0.102. The number of pyridine rings is 1. The van der Waals surface area contributed by atoms with Gasteiger partial charge in [0.15, 0.2) is 0 Å². The number of aromatic amines is 1. The van der Waals surface area contributed by atoms with Crippen molar-refractivity contribution in [3.63, 3.8) is 0 Å². The molecule has 0 spiro atoms. The van der Waals surface area contributed by atoms with Crippen LogP contribution in [0.1, 0.15) is 16.1 Å². The van der Waals surface area contributed by atoms with E-state index in [2.05, 4.69) is 35.6 Å². The van der Waals surface area contributed by atoms with Gasteiger partial charge in [-0.3, -0.25) is 9.78 Å². The normalized spacial score (nSPS) is 10.7. The Morgan fingerprint density at radius 3 is 2.73 bits per heavy atom. The Bertz CT molecular complexity index is 1400. The summed E-state index contributed by atoms with van der Waals surface area (Å²) in [6, 6.07) is 18.2. The molecule has 9 heteroatoms. The van der Waals surface area contributed by atoms with Crippen LogP contribution in [0, 0.1) is 0 Å². The van der Waals surface area contributed by atoms with Crippen LogP contribution in [-0.4, -0.2) is 30.8 Å². The molecule has 0 saturated heterocycles. The SMILES string of the molecule is O=C(Nc1cccc(OCc2cccc3[nH]cnc23)c1)c1ccnc(Nc2ccncc2)n1. The molecule has 0 saturated carbocycles. The number of rotatable bonds is 7. The van der Waals surface area contributed by atoms with Gasteiger partial charge in [-0.05, 0) is 36.4 Å². The number of para-hydroxylation sites is 1. The molecule has 2 aromatic carbocycles. The van der Waals surface area contributed by atoms with Crippen LogP contribution in [-0.2, 0) is 6.61 Å². The number of H-pyrrole nitrogens is 1. The van der Waals surface area contributed by atoms with Crippen LogP contribution in [0.25, 0.3) is 11.0 Å². The Kier molecular flexibility index (Phi) is 5.58. The number of nitrogens with zero attached hydrogens (tertiary/aromatic N) is 4. The summed E-state index contributed by atoms with van der Waals surface area (Å²) in [5, 5.41) is 5.89. The molecule has 9 nitrogen and oxygen atoms in total. The predicted octanol–water partition coefficient (Wildman–Crippen LogP) is 4.32. The van der Waals surface area contributed by atoms with E-state index in [4.69, 9.17) is 4.74 Å². The van der Waals surface area contributed by atoms with Crippen LogP contribution in [0.3, 0.4) is 0 Å². The third kappa shape index (κ3) is 4.77. The standard InChI is InChI=1S/C24H19N7O2/c32-23(21-9-12-26-24(31-21)30-17-7-10-25-11-8-17)29-18-4-2-5-19(13-18)33-14-16-3-1-6-20-22(16)28-15-27-20/h1-13,15H,14H2,(H,27,28)(H,29,32)(H,25,26,30,31). The number of hydrogen-bond acceptors (Lipinski definition) is 7. The first-order valence-electron chi connectivity index (χ1n) is 10.2. The largest absolute Gasteiger partial charge is 0.489 e. The molecule has 0 fully saturated rings. The van der Waals surface area contributed by atoms with Crippen molar-refractivity contribution in [2.75, 3.05) is 10.6 Å². The van der Waals surface area contributed by atoms with E-state index < -0.39 is 0 Å². The summed E-state index contributed by atoms with van der Waals surface area (Å²) in [4.78, 5) is 32.6. The molecule has 3 N–H and O–H groups in total. The van der Waals surface area contributed by atoms with Gasteiger partial charge in [0.05, 0.1) is 17.4 Å². The molecule has 162 valence electrons. The highest BCUT2D eigenvalue weighted by atomic mass is 16.5. The highest BCUT2D eigenvalue weighted by molar-refractivity contribution is 6.03. The number of hydrogen-bond donors (Lipinski definition) is 3. The monoisotopic (exact) mass is 437 g/mol. The summed E-state index contributed by atoms with van der Waals surface area (Å²) in [5.41, 5.74) is 4.41. The highest BCUT2D eigenvalue weighted by Crippen LogP contribution is 2.21. The Balaban J connectivity index is 1.25. The average Bonchev–Trinajstić information content (AvgIpc) is 3.33. The van der Waals surface area contributed by atoms with Crippen molar-refractivity contribution >= 4 is 34.3 Å². The van der Waals surface area contributed by atoms with E-state index in [-0.39, 0.29) is 11.6 Å². The smallest absolute Gasteiger partial charge is 0.274 e. The number of amides is 1. The molecule has 33 heavy (non-hydrogen) atoms. The summed E-state index contributed by atoms with van der Waals surface area (Å²) in [7, 11) is 0. The minimum atomic E-state index is -0.353. The molecule has 3 aromatic heterocycles. The fourth-order valence-electron chi connectivity index (χ4n) is 3.27. The topological polar surface area (TPSA) is 118 Å². The van der Waals surface area contributed by atoms with E-state index in [9.17, 15) is 4.79 Å². The lowest BCUT2D eigenvalue weighted by atomic mass is 10.2. The van der Waals surface area contributed by atoms with Crippen LogP contribution in [0.2, 0.25) is 0 Å². The van der Waals surface area contributed by atoms with Crippen molar-refractivity contribution in [3.8, 4) is 5.75 Å². The van der Waals surface area contributed by atoms with Gasteiger partial charge in [0.2, 0.25) is 5.95 Å². The number of imidazole rings is 1. The van der Waals surface area contributed by atoms with Gasteiger partial charge in [0, 0.05) is 41.6 Å². The first-order chi connectivity index (χ1) is 16.2. The lowest BCUT2D eigenvalue weighted by Crippen LogP contribution is -2.14. The Morgan fingerprint density at radius 2 is 1.82 bits per heavy atom. The maximum absolute atomic E-state index is 12.7. The summed E-state index contributed by atoms with van der Waals surface area (Å²) in [5.74, 6) is 0.593. The zero-order valence-corrected chi connectivity index (χ0v) is 17.4. The van der Waals surface area contributed by atoms with Crippen molar-refractivity contribution in [3.05, 3.63) is 96.8 Å². The van der Waals surface area contributed by atoms with E-state index in [1.54, 1.807) is 49.1 Å². The fourth-order valence-corrected chi connectivity index (χ4v) is 3.27. The molecule has 0 unspecified atom stereocenters. The van der Waals surface area contributed by atoms with Gasteiger partial charge in [0.1, 0.15) is 18.1 Å².